The first kappa shape index (κ1) is 11.7. The molecule has 1 aromatic rings. The van der Waals surface area contributed by atoms with Crippen LogP contribution < -0.4 is 0 Å². The molecule has 5 nitrogen and oxygen atoms in total. The fraction of sp³-hybridized carbons (Fsp3) is 0.769. The van der Waals surface area contributed by atoms with Gasteiger partial charge in [0.05, 0.1) is 6.61 Å². The Bertz CT molecular complexity index is 473. The first-order chi connectivity index (χ1) is 8.66. The van der Waals surface area contributed by atoms with Crippen molar-refractivity contribution in [3.63, 3.8) is 0 Å². The summed E-state index contributed by atoms with van der Waals surface area (Å²) in [5, 5.41) is 7.99. The highest BCUT2D eigenvalue weighted by atomic mass is 16.5. The third-order valence-corrected chi connectivity index (χ3v) is 4.20. The summed E-state index contributed by atoms with van der Waals surface area (Å²) in [6, 6.07) is 0. The van der Waals surface area contributed by atoms with Crippen LogP contribution in [0.5, 0.6) is 0 Å². The average Bonchev–Trinajstić information content (AvgIpc) is 3.21. The molecule has 0 aromatic carbocycles. The Kier molecular flexibility index (Phi) is 2.64. The number of aromatic nitrogens is 3. The summed E-state index contributed by atoms with van der Waals surface area (Å²) in [6.07, 6.45) is 5.24. The number of carbonyl (C=O) groups is 1. The Morgan fingerprint density at radius 3 is 2.72 bits per heavy atom. The number of hydrogen-bond acceptors (Lipinski definition) is 4. The van der Waals surface area contributed by atoms with Gasteiger partial charge in [-0.15, -0.1) is 10.2 Å². The van der Waals surface area contributed by atoms with Crippen LogP contribution in [-0.4, -0.2) is 27.3 Å². The Morgan fingerprint density at radius 2 is 2.17 bits per heavy atom. The van der Waals surface area contributed by atoms with Crippen LogP contribution in [0.15, 0.2) is 0 Å². The Labute approximate surface area is 107 Å². The summed E-state index contributed by atoms with van der Waals surface area (Å²) in [5.74, 6) is 1.67. The van der Waals surface area contributed by atoms with Crippen LogP contribution in [0.4, 0.5) is 0 Å². The molecule has 1 aromatic heterocycles. The number of nitrogens with zero attached hydrogens (tertiary/aromatic N) is 3. The van der Waals surface area contributed by atoms with E-state index in [1.807, 2.05) is 11.5 Å². The maximum absolute atomic E-state index is 11.8. The molecule has 0 saturated heterocycles. The van der Waals surface area contributed by atoms with Crippen LogP contribution in [0.25, 0.3) is 0 Å². The number of hydrogen-bond donors (Lipinski definition) is 0. The van der Waals surface area contributed by atoms with Gasteiger partial charge in [-0.05, 0) is 50.9 Å². The molecule has 18 heavy (non-hydrogen) atoms. The van der Waals surface area contributed by atoms with Gasteiger partial charge < -0.3 is 9.30 Å². The summed E-state index contributed by atoms with van der Waals surface area (Å²) in [4.78, 5) is 11.8. The van der Waals surface area contributed by atoms with Gasteiger partial charge in [0.15, 0.2) is 0 Å². The Hall–Kier alpha value is -1.39. The number of aryl methyl sites for hydroxylation is 1. The molecule has 0 N–H and O–H groups in total. The number of ether oxygens (including phenoxy) is 1. The molecule has 2 aliphatic rings. The summed E-state index contributed by atoms with van der Waals surface area (Å²) in [7, 11) is 0. The van der Waals surface area contributed by atoms with Gasteiger partial charge >= 0.3 is 5.97 Å². The predicted molar refractivity (Wildman–Crippen MR) is 65.1 cm³/mol. The van der Waals surface area contributed by atoms with Gasteiger partial charge in [-0.1, -0.05) is 0 Å². The lowest BCUT2D eigenvalue weighted by Crippen LogP contribution is -2.20. The van der Waals surface area contributed by atoms with Crippen LogP contribution in [-0.2, 0) is 11.3 Å². The second-order valence-corrected chi connectivity index (χ2v) is 5.51. The minimum atomic E-state index is -0.357. The molecule has 1 heterocycles. The van der Waals surface area contributed by atoms with E-state index in [4.69, 9.17) is 4.74 Å². The van der Waals surface area contributed by atoms with Crippen molar-refractivity contribution >= 4 is 5.97 Å². The summed E-state index contributed by atoms with van der Waals surface area (Å²) < 4.78 is 6.98. The van der Waals surface area contributed by atoms with Crippen molar-refractivity contribution in [1.29, 1.82) is 0 Å². The fourth-order valence-electron chi connectivity index (χ4n) is 2.78. The molecule has 2 saturated carbocycles. The minimum Gasteiger partial charge on any atom is -0.460 e. The molecule has 0 bridgehead atoms. The second kappa shape index (κ2) is 4.07. The smallest absolute Gasteiger partial charge is 0.376 e. The van der Waals surface area contributed by atoms with E-state index in [1.165, 1.54) is 25.7 Å². The molecule has 0 unspecified atom stereocenters. The highest BCUT2D eigenvalue weighted by Crippen LogP contribution is 2.62. The molecular weight excluding hydrogens is 230 g/mol. The molecule has 0 radical (unpaired) electrons. The van der Waals surface area contributed by atoms with Gasteiger partial charge in [0.1, 0.15) is 5.82 Å². The second-order valence-electron chi connectivity index (χ2n) is 5.51. The van der Waals surface area contributed by atoms with Gasteiger partial charge in [0, 0.05) is 6.54 Å². The average molecular weight is 249 g/mol. The van der Waals surface area contributed by atoms with Crippen molar-refractivity contribution in [2.45, 2.75) is 46.1 Å². The molecule has 0 atom stereocenters. The standard InChI is InChI=1S/C13H19N3O2/c1-3-18-12(17)11-15-14-9(2)16(11)8-13(6-7-13)10-4-5-10/h10H,3-8H2,1-2H3. The number of carbonyl (C=O) groups excluding carboxylic acids is 1. The Morgan fingerprint density at radius 1 is 1.44 bits per heavy atom. The van der Waals surface area contributed by atoms with E-state index >= 15 is 0 Å². The van der Waals surface area contributed by atoms with Gasteiger partial charge in [-0.25, -0.2) is 4.79 Å². The summed E-state index contributed by atoms with van der Waals surface area (Å²) in [6.45, 7) is 4.96. The minimum absolute atomic E-state index is 0.357. The van der Waals surface area contributed by atoms with E-state index < -0.39 is 0 Å². The van der Waals surface area contributed by atoms with Gasteiger partial charge in [-0.2, -0.15) is 0 Å². The highest BCUT2D eigenvalue weighted by molar-refractivity contribution is 5.85. The lowest BCUT2D eigenvalue weighted by molar-refractivity contribution is 0.0503. The van der Waals surface area contributed by atoms with Crippen molar-refractivity contribution in [1.82, 2.24) is 14.8 Å². The molecule has 0 aliphatic heterocycles. The van der Waals surface area contributed by atoms with E-state index in [1.54, 1.807) is 6.92 Å². The maximum Gasteiger partial charge on any atom is 0.376 e. The first-order valence-electron chi connectivity index (χ1n) is 6.73. The predicted octanol–water partition coefficient (Wildman–Crippen LogP) is 1.95. The molecular formula is C13H19N3O2. The molecule has 2 fully saturated rings. The van der Waals surface area contributed by atoms with E-state index in [0.717, 1.165) is 18.3 Å². The molecule has 0 spiro atoms. The van der Waals surface area contributed by atoms with Crippen LogP contribution in [0.2, 0.25) is 0 Å². The SMILES string of the molecule is CCOC(=O)c1nnc(C)n1CC1(C2CC2)CC1. The largest absolute Gasteiger partial charge is 0.460 e. The number of esters is 1. The Balaban J connectivity index is 1.82. The van der Waals surface area contributed by atoms with Crippen molar-refractivity contribution in [3.05, 3.63) is 11.6 Å². The van der Waals surface area contributed by atoms with Crippen molar-refractivity contribution in [2.24, 2.45) is 11.3 Å². The van der Waals surface area contributed by atoms with Gasteiger partial charge in [0.2, 0.25) is 5.82 Å². The lowest BCUT2D eigenvalue weighted by atomic mass is 10.0. The normalized spacial score (nSPS) is 20.8. The van der Waals surface area contributed by atoms with E-state index in [0.29, 0.717) is 17.8 Å². The molecule has 98 valence electrons. The van der Waals surface area contributed by atoms with Crippen LogP contribution in [0.3, 0.4) is 0 Å². The number of rotatable bonds is 5. The zero-order valence-corrected chi connectivity index (χ0v) is 11.0. The van der Waals surface area contributed by atoms with Crippen molar-refractivity contribution in [3.8, 4) is 0 Å². The first-order valence-corrected chi connectivity index (χ1v) is 6.73. The summed E-state index contributed by atoms with van der Waals surface area (Å²) in [5.41, 5.74) is 0.425. The third kappa shape index (κ3) is 1.91. The maximum atomic E-state index is 11.8. The summed E-state index contributed by atoms with van der Waals surface area (Å²) >= 11 is 0. The van der Waals surface area contributed by atoms with E-state index in [9.17, 15) is 4.79 Å². The monoisotopic (exact) mass is 249 g/mol. The zero-order chi connectivity index (χ0) is 12.8. The fourth-order valence-corrected chi connectivity index (χ4v) is 2.78. The van der Waals surface area contributed by atoms with E-state index in [2.05, 4.69) is 10.2 Å². The molecule has 5 heteroatoms. The topological polar surface area (TPSA) is 57.0 Å². The van der Waals surface area contributed by atoms with E-state index in [-0.39, 0.29) is 5.97 Å². The molecule has 3 rings (SSSR count). The molecule has 2 aliphatic carbocycles. The van der Waals surface area contributed by atoms with Crippen molar-refractivity contribution in [2.75, 3.05) is 6.61 Å². The van der Waals surface area contributed by atoms with Crippen molar-refractivity contribution < 1.29 is 9.53 Å². The quantitative estimate of drug-likeness (QED) is 0.748. The third-order valence-electron chi connectivity index (χ3n) is 4.20. The zero-order valence-electron chi connectivity index (χ0n) is 11.0. The van der Waals surface area contributed by atoms with Crippen LogP contribution >= 0.6 is 0 Å². The van der Waals surface area contributed by atoms with Crippen LogP contribution in [0.1, 0.15) is 49.1 Å². The van der Waals surface area contributed by atoms with Gasteiger partial charge in [-0.3, -0.25) is 0 Å². The highest BCUT2D eigenvalue weighted by Gasteiger charge is 2.54. The van der Waals surface area contributed by atoms with Crippen LogP contribution in [0, 0.1) is 18.3 Å². The van der Waals surface area contributed by atoms with Gasteiger partial charge in [0.25, 0.3) is 0 Å². The lowest BCUT2D eigenvalue weighted by Gasteiger charge is -2.16. The molecule has 0 amide bonds.